The first-order chi connectivity index (χ1) is 9.25. The monoisotopic (exact) mass is 267 g/mol. The molecular formula is C16H29NO2. The van der Waals surface area contributed by atoms with Crippen molar-refractivity contribution in [3.05, 3.63) is 0 Å². The molecule has 19 heavy (non-hydrogen) atoms. The maximum Gasteiger partial charge on any atom is 0.220 e. The van der Waals surface area contributed by atoms with Gasteiger partial charge < -0.3 is 10.4 Å². The Labute approximate surface area is 117 Å². The second-order valence-corrected chi connectivity index (χ2v) is 6.42. The summed E-state index contributed by atoms with van der Waals surface area (Å²) in [6, 6.07) is 0.0101. The van der Waals surface area contributed by atoms with Gasteiger partial charge in [-0.2, -0.15) is 0 Å². The Morgan fingerprint density at radius 2 is 1.68 bits per heavy atom. The smallest absolute Gasteiger partial charge is 0.220 e. The number of carbonyl (C=O) groups excluding carboxylic acids is 1. The van der Waals surface area contributed by atoms with E-state index in [-0.39, 0.29) is 18.1 Å². The molecule has 2 unspecified atom stereocenters. The Hall–Kier alpha value is -0.570. The molecule has 0 aliphatic heterocycles. The SMILES string of the molecule is O=C(CCCC1CCCCC1)NC1CCCCC1O. The number of amides is 1. The summed E-state index contributed by atoms with van der Waals surface area (Å²) < 4.78 is 0. The van der Waals surface area contributed by atoms with Gasteiger partial charge in [-0.05, 0) is 31.6 Å². The van der Waals surface area contributed by atoms with E-state index in [1.54, 1.807) is 0 Å². The Morgan fingerprint density at radius 3 is 2.42 bits per heavy atom. The molecule has 110 valence electrons. The molecular weight excluding hydrogens is 238 g/mol. The van der Waals surface area contributed by atoms with E-state index in [9.17, 15) is 9.90 Å². The fourth-order valence-electron chi connectivity index (χ4n) is 3.59. The van der Waals surface area contributed by atoms with Gasteiger partial charge in [0, 0.05) is 6.42 Å². The molecule has 2 fully saturated rings. The molecule has 1 amide bonds. The van der Waals surface area contributed by atoms with Crippen LogP contribution in [0.1, 0.15) is 77.0 Å². The van der Waals surface area contributed by atoms with Crippen LogP contribution in [-0.4, -0.2) is 23.2 Å². The highest BCUT2D eigenvalue weighted by Crippen LogP contribution is 2.27. The van der Waals surface area contributed by atoms with Gasteiger partial charge in [0.25, 0.3) is 0 Å². The molecule has 2 atom stereocenters. The molecule has 0 radical (unpaired) electrons. The molecule has 2 aliphatic carbocycles. The van der Waals surface area contributed by atoms with Crippen molar-refractivity contribution in [2.75, 3.05) is 0 Å². The van der Waals surface area contributed by atoms with Crippen LogP contribution >= 0.6 is 0 Å². The lowest BCUT2D eigenvalue weighted by Gasteiger charge is -2.28. The van der Waals surface area contributed by atoms with Crippen molar-refractivity contribution in [1.82, 2.24) is 5.32 Å². The Bertz CT molecular complexity index is 274. The normalized spacial score (nSPS) is 29.1. The van der Waals surface area contributed by atoms with Gasteiger partial charge in [-0.15, -0.1) is 0 Å². The molecule has 0 spiro atoms. The summed E-state index contributed by atoms with van der Waals surface area (Å²) in [6.45, 7) is 0. The van der Waals surface area contributed by atoms with Gasteiger partial charge in [0.2, 0.25) is 5.91 Å². The van der Waals surface area contributed by atoms with Crippen molar-refractivity contribution in [2.24, 2.45) is 5.92 Å². The van der Waals surface area contributed by atoms with Gasteiger partial charge in [0.15, 0.2) is 0 Å². The van der Waals surface area contributed by atoms with E-state index in [0.29, 0.717) is 6.42 Å². The van der Waals surface area contributed by atoms with Crippen LogP contribution in [0.2, 0.25) is 0 Å². The number of hydrogen-bond donors (Lipinski definition) is 2. The highest BCUT2D eigenvalue weighted by Gasteiger charge is 2.24. The van der Waals surface area contributed by atoms with E-state index in [4.69, 9.17) is 0 Å². The average molecular weight is 267 g/mol. The second-order valence-electron chi connectivity index (χ2n) is 6.42. The lowest BCUT2D eigenvalue weighted by atomic mass is 9.86. The Balaban J connectivity index is 1.58. The van der Waals surface area contributed by atoms with Crippen molar-refractivity contribution in [1.29, 1.82) is 0 Å². The molecule has 0 heterocycles. The second kappa shape index (κ2) is 7.88. The van der Waals surface area contributed by atoms with Gasteiger partial charge in [-0.25, -0.2) is 0 Å². The average Bonchev–Trinajstić information content (AvgIpc) is 2.43. The van der Waals surface area contributed by atoms with E-state index in [2.05, 4.69) is 5.32 Å². The third-order valence-electron chi connectivity index (χ3n) is 4.82. The van der Waals surface area contributed by atoms with Gasteiger partial charge >= 0.3 is 0 Å². The van der Waals surface area contributed by atoms with E-state index in [0.717, 1.165) is 38.0 Å². The van der Waals surface area contributed by atoms with Crippen molar-refractivity contribution in [3.8, 4) is 0 Å². The van der Waals surface area contributed by atoms with E-state index in [1.165, 1.54) is 38.5 Å². The van der Waals surface area contributed by atoms with E-state index >= 15 is 0 Å². The molecule has 0 aromatic rings. The molecule has 0 aromatic heterocycles. The molecule has 2 saturated carbocycles. The third-order valence-corrected chi connectivity index (χ3v) is 4.82. The minimum absolute atomic E-state index is 0.0101. The first-order valence-corrected chi connectivity index (χ1v) is 8.23. The first kappa shape index (κ1) is 14.8. The standard InChI is InChI=1S/C16H29NO2/c18-15-11-5-4-10-14(15)17-16(19)12-6-9-13-7-2-1-3-8-13/h13-15,18H,1-12H2,(H,17,19). The third kappa shape index (κ3) is 5.13. The number of rotatable bonds is 5. The quantitative estimate of drug-likeness (QED) is 0.804. The molecule has 0 saturated heterocycles. The predicted molar refractivity (Wildman–Crippen MR) is 76.8 cm³/mol. The van der Waals surface area contributed by atoms with Crippen LogP contribution in [0.5, 0.6) is 0 Å². The zero-order valence-corrected chi connectivity index (χ0v) is 12.1. The molecule has 0 aromatic carbocycles. The zero-order chi connectivity index (χ0) is 13.5. The number of nitrogens with one attached hydrogen (secondary N) is 1. The van der Waals surface area contributed by atoms with Gasteiger partial charge in [0.1, 0.15) is 0 Å². The van der Waals surface area contributed by atoms with Crippen molar-refractivity contribution >= 4 is 5.91 Å². The lowest BCUT2D eigenvalue weighted by Crippen LogP contribution is -2.45. The van der Waals surface area contributed by atoms with Gasteiger partial charge in [0.05, 0.1) is 12.1 Å². The van der Waals surface area contributed by atoms with Gasteiger partial charge in [-0.1, -0.05) is 44.9 Å². The Morgan fingerprint density at radius 1 is 1.00 bits per heavy atom. The molecule has 2 aliphatic rings. The van der Waals surface area contributed by atoms with Gasteiger partial charge in [-0.3, -0.25) is 4.79 Å². The summed E-state index contributed by atoms with van der Waals surface area (Å²) in [5, 5.41) is 12.8. The largest absolute Gasteiger partial charge is 0.391 e. The number of hydrogen-bond acceptors (Lipinski definition) is 2. The highest BCUT2D eigenvalue weighted by molar-refractivity contribution is 5.76. The summed E-state index contributed by atoms with van der Waals surface area (Å²) in [5.41, 5.74) is 0. The predicted octanol–water partition coefficient (Wildman–Crippen LogP) is 3.16. The van der Waals surface area contributed by atoms with Crippen molar-refractivity contribution in [3.63, 3.8) is 0 Å². The van der Waals surface area contributed by atoms with Crippen LogP contribution in [0.15, 0.2) is 0 Å². The zero-order valence-electron chi connectivity index (χ0n) is 12.1. The molecule has 2 N–H and O–H groups in total. The lowest BCUT2D eigenvalue weighted by molar-refractivity contribution is -0.123. The van der Waals surface area contributed by atoms with Crippen LogP contribution in [0.3, 0.4) is 0 Å². The summed E-state index contributed by atoms with van der Waals surface area (Å²) in [4.78, 5) is 11.9. The van der Waals surface area contributed by atoms with Crippen LogP contribution in [0.4, 0.5) is 0 Å². The number of aliphatic hydroxyl groups excluding tert-OH is 1. The highest BCUT2D eigenvalue weighted by atomic mass is 16.3. The maximum atomic E-state index is 11.9. The molecule has 3 nitrogen and oxygen atoms in total. The summed E-state index contributed by atoms with van der Waals surface area (Å²) in [5.74, 6) is 1.00. The van der Waals surface area contributed by atoms with Crippen LogP contribution in [0.25, 0.3) is 0 Å². The first-order valence-electron chi connectivity index (χ1n) is 8.23. The Kier molecular flexibility index (Phi) is 6.15. The fourth-order valence-corrected chi connectivity index (χ4v) is 3.59. The topological polar surface area (TPSA) is 49.3 Å². The summed E-state index contributed by atoms with van der Waals surface area (Å²) in [6.07, 6.45) is 13.4. The van der Waals surface area contributed by atoms with Crippen molar-refractivity contribution < 1.29 is 9.90 Å². The fraction of sp³-hybridized carbons (Fsp3) is 0.938. The van der Waals surface area contributed by atoms with E-state index in [1.807, 2.05) is 0 Å². The maximum absolute atomic E-state index is 11.9. The molecule has 2 rings (SSSR count). The molecule has 3 heteroatoms. The molecule has 0 bridgehead atoms. The minimum Gasteiger partial charge on any atom is -0.391 e. The minimum atomic E-state index is -0.323. The summed E-state index contributed by atoms with van der Waals surface area (Å²) >= 11 is 0. The number of carbonyl (C=O) groups is 1. The van der Waals surface area contributed by atoms with Crippen LogP contribution in [0, 0.1) is 5.92 Å². The van der Waals surface area contributed by atoms with Crippen LogP contribution < -0.4 is 5.32 Å². The number of aliphatic hydroxyl groups is 1. The van der Waals surface area contributed by atoms with E-state index < -0.39 is 0 Å². The van der Waals surface area contributed by atoms with Crippen LogP contribution in [-0.2, 0) is 4.79 Å². The van der Waals surface area contributed by atoms with Crippen molar-refractivity contribution in [2.45, 2.75) is 89.2 Å². The summed E-state index contributed by atoms with van der Waals surface area (Å²) in [7, 11) is 0.